The van der Waals surface area contributed by atoms with Crippen molar-refractivity contribution in [3.8, 4) is 5.69 Å². The highest BCUT2D eigenvalue weighted by molar-refractivity contribution is 6.12. The monoisotopic (exact) mass is 626 g/mol. The highest BCUT2D eigenvalue weighted by atomic mass is 16.3. The molecule has 0 spiro atoms. The van der Waals surface area contributed by atoms with E-state index in [9.17, 15) is 19.8 Å². The maximum atomic E-state index is 14.2. The molecule has 6 aromatic rings. The largest absolute Gasteiger partial charge is 0.395 e. The van der Waals surface area contributed by atoms with Crippen LogP contribution in [0, 0.1) is 5.92 Å². The molecule has 10 nitrogen and oxygen atoms in total. The third kappa shape index (κ3) is 5.27. The Balaban J connectivity index is 1.16. The van der Waals surface area contributed by atoms with E-state index in [0.717, 1.165) is 5.56 Å². The van der Waals surface area contributed by atoms with Gasteiger partial charge < -0.3 is 10.2 Å². The smallest absolute Gasteiger partial charge is 0.279 e. The van der Waals surface area contributed by atoms with Gasteiger partial charge in [-0.05, 0) is 54.4 Å². The number of aromatic nitrogens is 5. The average Bonchev–Trinajstić information content (AvgIpc) is 3.77. The summed E-state index contributed by atoms with van der Waals surface area (Å²) >= 11 is 0. The normalized spacial score (nSPS) is 17.4. The van der Waals surface area contributed by atoms with Crippen molar-refractivity contribution < 1.29 is 15.0 Å². The summed E-state index contributed by atoms with van der Waals surface area (Å²) in [6, 6.07) is 31.5. The van der Waals surface area contributed by atoms with Gasteiger partial charge in [-0.1, -0.05) is 85.0 Å². The van der Waals surface area contributed by atoms with Gasteiger partial charge in [0.25, 0.3) is 11.5 Å². The van der Waals surface area contributed by atoms with Gasteiger partial charge in [-0.25, -0.2) is 4.68 Å². The third-order valence-corrected chi connectivity index (χ3v) is 8.93. The zero-order chi connectivity index (χ0) is 32.5. The van der Waals surface area contributed by atoms with Crippen LogP contribution in [0.25, 0.3) is 16.6 Å². The average molecular weight is 627 g/mol. The molecule has 0 aliphatic carbocycles. The van der Waals surface area contributed by atoms with Gasteiger partial charge in [0.1, 0.15) is 0 Å². The highest BCUT2D eigenvalue weighted by Gasteiger charge is 2.53. The number of allylic oxidation sites excluding steroid dienone is 1. The lowest BCUT2D eigenvalue weighted by Gasteiger charge is -2.27. The van der Waals surface area contributed by atoms with Crippen LogP contribution >= 0.6 is 0 Å². The number of carbonyl (C=O) groups excluding carboxylic acids is 1. The van der Waals surface area contributed by atoms with Crippen LogP contribution in [0.4, 0.5) is 11.4 Å². The molecule has 7 rings (SSSR count). The second kappa shape index (κ2) is 12.3. The first-order chi connectivity index (χ1) is 22.9. The van der Waals surface area contributed by atoms with Crippen molar-refractivity contribution in [3.05, 3.63) is 149 Å². The van der Waals surface area contributed by atoms with E-state index in [2.05, 4.69) is 15.4 Å². The fourth-order valence-electron chi connectivity index (χ4n) is 6.36. The van der Waals surface area contributed by atoms with E-state index in [1.54, 1.807) is 33.8 Å². The van der Waals surface area contributed by atoms with E-state index >= 15 is 0 Å². The fraction of sp³-hybridized carbons (Fsp3) is 0.189. The molecular formula is C37H34N6O4. The zero-order valence-electron chi connectivity index (χ0n) is 25.8. The van der Waals surface area contributed by atoms with Crippen molar-refractivity contribution >= 4 is 28.2 Å². The summed E-state index contributed by atoms with van der Waals surface area (Å²) < 4.78 is 3.16. The van der Waals surface area contributed by atoms with Gasteiger partial charge in [0.15, 0.2) is 5.60 Å². The van der Waals surface area contributed by atoms with E-state index < -0.39 is 17.4 Å². The van der Waals surface area contributed by atoms with Crippen molar-refractivity contribution in [2.75, 3.05) is 11.5 Å². The standard InChI is InChI=1S/C37H34N6O4/c1-25(12-10-11-21-41-23-33(38-40-41)30(24-44)26-13-4-2-5-14-26)37(47)31-22-28(43-35(45)29-17-8-9-18-32(29)39-43)19-20-34(31)42(36(37)46)27-15-6-3-7-16-27/h2-10,12-20,22-23,25,30,39,44,47H,11,21,24H2,1H3/b12-10+/t25-,30?,37+/m0/s1. The summed E-state index contributed by atoms with van der Waals surface area (Å²) in [4.78, 5) is 29.0. The molecule has 1 amide bonds. The number of hydrogen-bond donors (Lipinski definition) is 3. The maximum absolute atomic E-state index is 14.2. The summed E-state index contributed by atoms with van der Waals surface area (Å²) in [5.74, 6) is -1.34. The number of nitrogens with zero attached hydrogens (tertiary/aromatic N) is 5. The minimum Gasteiger partial charge on any atom is -0.395 e. The lowest BCUT2D eigenvalue weighted by molar-refractivity contribution is -0.138. The predicted molar refractivity (Wildman–Crippen MR) is 180 cm³/mol. The van der Waals surface area contributed by atoms with E-state index in [1.807, 2.05) is 104 Å². The van der Waals surface area contributed by atoms with Crippen molar-refractivity contribution in [2.45, 2.75) is 31.4 Å². The molecule has 10 heteroatoms. The van der Waals surface area contributed by atoms with Crippen molar-refractivity contribution in [3.63, 3.8) is 0 Å². The quantitative estimate of drug-likeness (QED) is 0.180. The van der Waals surface area contributed by atoms with Gasteiger partial charge in [-0.15, -0.1) is 5.10 Å². The molecule has 1 aliphatic heterocycles. The lowest BCUT2D eigenvalue weighted by atomic mass is 9.82. The first-order valence-electron chi connectivity index (χ1n) is 15.6. The number of amides is 1. The molecule has 3 heterocycles. The van der Waals surface area contributed by atoms with E-state index in [0.29, 0.717) is 52.2 Å². The number of aliphatic hydroxyl groups is 2. The molecule has 1 unspecified atom stereocenters. The summed E-state index contributed by atoms with van der Waals surface area (Å²) in [6.45, 7) is 2.26. The summed E-state index contributed by atoms with van der Waals surface area (Å²) in [5.41, 5.74) is 2.37. The summed E-state index contributed by atoms with van der Waals surface area (Å²) in [7, 11) is 0. The Morgan fingerprint density at radius 3 is 2.38 bits per heavy atom. The number of anilines is 2. The van der Waals surface area contributed by atoms with Gasteiger partial charge in [0.05, 0.1) is 40.5 Å². The van der Waals surface area contributed by atoms with Crippen LogP contribution in [0.1, 0.15) is 36.1 Å². The number of aryl methyl sites for hydroxylation is 1. The van der Waals surface area contributed by atoms with Crippen LogP contribution in [0.3, 0.4) is 0 Å². The first kappa shape index (κ1) is 30.1. The number of H-pyrrole nitrogens is 1. The van der Waals surface area contributed by atoms with Gasteiger partial charge in [-0.3, -0.25) is 24.3 Å². The third-order valence-electron chi connectivity index (χ3n) is 8.93. The van der Waals surface area contributed by atoms with Gasteiger partial charge in [0.2, 0.25) is 0 Å². The van der Waals surface area contributed by atoms with Gasteiger partial charge >= 0.3 is 0 Å². The van der Waals surface area contributed by atoms with Crippen LogP contribution in [0.2, 0.25) is 0 Å². The molecule has 3 N–H and O–H groups in total. The molecule has 4 aromatic carbocycles. The van der Waals surface area contributed by atoms with Crippen LogP contribution in [-0.4, -0.2) is 47.5 Å². The number of hydrogen-bond acceptors (Lipinski definition) is 6. The van der Waals surface area contributed by atoms with Crippen LogP contribution in [0.5, 0.6) is 0 Å². The number of fused-ring (bicyclic) bond motifs is 2. The van der Waals surface area contributed by atoms with E-state index in [-0.39, 0.29) is 18.1 Å². The molecule has 0 bridgehead atoms. The topological polar surface area (TPSA) is 129 Å². The number of aliphatic hydroxyl groups excluding tert-OH is 1. The Morgan fingerprint density at radius 1 is 0.915 bits per heavy atom. The number of benzene rings is 4. The van der Waals surface area contributed by atoms with E-state index in [4.69, 9.17) is 0 Å². The van der Waals surface area contributed by atoms with Crippen molar-refractivity contribution in [1.29, 1.82) is 0 Å². The predicted octanol–water partition coefficient (Wildman–Crippen LogP) is 5.18. The summed E-state index contributed by atoms with van der Waals surface area (Å²) in [5, 5.41) is 34.5. The Bertz CT molecular complexity index is 2130. The van der Waals surface area contributed by atoms with Crippen molar-refractivity contribution in [1.82, 2.24) is 24.8 Å². The zero-order valence-corrected chi connectivity index (χ0v) is 25.8. The van der Waals surface area contributed by atoms with Gasteiger partial charge in [0, 0.05) is 29.9 Å². The summed E-state index contributed by atoms with van der Waals surface area (Å²) in [6.07, 6.45) is 6.18. The Kier molecular flexibility index (Phi) is 7.88. The fourth-order valence-corrected chi connectivity index (χ4v) is 6.36. The Labute approximate surface area is 270 Å². The maximum Gasteiger partial charge on any atom is 0.279 e. The second-order valence-corrected chi connectivity index (χ2v) is 11.8. The molecule has 2 aromatic heterocycles. The number of carbonyl (C=O) groups is 1. The lowest BCUT2D eigenvalue weighted by Crippen LogP contribution is -2.42. The number of nitrogens with one attached hydrogen (secondary N) is 1. The molecule has 0 radical (unpaired) electrons. The van der Waals surface area contributed by atoms with Crippen LogP contribution in [0.15, 0.2) is 126 Å². The van der Waals surface area contributed by atoms with Crippen LogP contribution in [-0.2, 0) is 16.9 Å². The Morgan fingerprint density at radius 2 is 1.64 bits per heavy atom. The molecule has 236 valence electrons. The number of aromatic amines is 1. The van der Waals surface area contributed by atoms with E-state index in [1.165, 1.54) is 4.68 Å². The van der Waals surface area contributed by atoms with Crippen LogP contribution < -0.4 is 10.5 Å². The molecule has 3 atom stereocenters. The molecule has 0 fully saturated rings. The molecule has 47 heavy (non-hydrogen) atoms. The number of para-hydroxylation sites is 2. The van der Waals surface area contributed by atoms with Crippen molar-refractivity contribution in [2.24, 2.45) is 5.92 Å². The Hall–Kier alpha value is -5.58. The van der Waals surface area contributed by atoms with Gasteiger partial charge in [-0.2, -0.15) is 0 Å². The SMILES string of the molecule is C[C@@H](/C=C/CCn1cc(C(CO)c2ccccc2)nn1)[C@]1(O)C(=O)N(c2ccccc2)c2ccc(-n3[nH]c4ccccc4c3=O)cc21. The number of rotatable bonds is 10. The molecular weight excluding hydrogens is 592 g/mol. The molecule has 1 aliphatic rings. The minimum absolute atomic E-state index is 0.0785. The minimum atomic E-state index is -1.89. The molecule has 0 saturated carbocycles. The first-order valence-corrected chi connectivity index (χ1v) is 15.6. The molecule has 0 saturated heterocycles. The highest BCUT2D eigenvalue weighted by Crippen LogP contribution is 2.48. The second-order valence-electron chi connectivity index (χ2n) is 11.8.